The summed E-state index contributed by atoms with van der Waals surface area (Å²) in [6.07, 6.45) is 7.09. The first-order valence-corrected chi connectivity index (χ1v) is 6.48. The van der Waals surface area contributed by atoms with Gasteiger partial charge in [0, 0.05) is 19.0 Å². The van der Waals surface area contributed by atoms with Gasteiger partial charge < -0.3 is 10.6 Å². The summed E-state index contributed by atoms with van der Waals surface area (Å²) in [5.74, 6) is 1.25. The van der Waals surface area contributed by atoms with Crippen LogP contribution in [-0.4, -0.2) is 30.0 Å². The maximum atomic E-state index is 5.62. The van der Waals surface area contributed by atoms with Crippen molar-refractivity contribution in [2.24, 2.45) is 17.6 Å². The van der Waals surface area contributed by atoms with Crippen molar-refractivity contribution in [3.63, 3.8) is 0 Å². The third-order valence-electron chi connectivity index (χ3n) is 3.37. The van der Waals surface area contributed by atoms with Crippen LogP contribution in [0, 0.1) is 11.8 Å². The highest BCUT2D eigenvalue weighted by molar-refractivity contribution is 7.80. The lowest BCUT2D eigenvalue weighted by Crippen LogP contribution is -2.34. The summed E-state index contributed by atoms with van der Waals surface area (Å²) in [6, 6.07) is 0. The SMILES string of the molecule is CC(CN(C)CC1CCCCC1)C(N)=S. The van der Waals surface area contributed by atoms with E-state index in [1.165, 1.54) is 38.6 Å². The van der Waals surface area contributed by atoms with Crippen LogP contribution in [0.15, 0.2) is 0 Å². The summed E-state index contributed by atoms with van der Waals surface area (Å²) in [5, 5.41) is 0. The Morgan fingerprint density at radius 2 is 2.00 bits per heavy atom. The minimum absolute atomic E-state index is 0.341. The Balaban J connectivity index is 2.22. The van der Waals surface area contributed by atoms with E-state index in [1.54, 1.807) is 0 Å². The molecule has 2 nitrogen and oxygen atoms in total. The number of hydrogen-bond acceptors (Lipinski definition) is 2. The van der Waals surface area contributed by atoms with Crippen molar-refractivity contribution in [3.05, 3.63) is 0 Å². The molecule has 88 valence electrons. The predicted octanol–water partition coefficient (Wildman–Crippen LogP) is 2.42. The number of nitrogens with two attached hydrogens (primary N) is 1. The molecule has 1 aliphatic rings. The average molecular weight is 228 g/mol. The summed E-state index contributed by atoms with van der Waals surface area (Å²) in [5.41, 5.74) is 5.62. The van der Waals surface area contributed by atoms with Gasteiger partial charge in [-0.25, -0.2) is 0 Å². The normalized spacial score (nSPS) is 20.5. The molecule has 0 amide bonds. The zero-order valence-electron chi connectivity index (χ0n) is 10.0. The molecular weight excluding hydrogens is 204 g/mol. The quantitative estimate of drug-likeness (QED) is 0.733. The molecule has 0 aromatic carbocycles. The highest BCUT2D eigenvalue weighted by Gasteiger charge is 2.16. The molecule has 1 unspecified atom stereocenters. The Labute approximate surface area is 99.2 Å². The fraction of sp³-hybridized carbons (Fsp3) is 0.917. The van der Waals surface area contributed by atoms with Crippen molar-refractivity contribution >= 4 is 17.2 Å². The standard InChI is InChI=1S/C12H24N2S/c1-10(12(13)15)8-14(2)9-11-6-4-3-5-7-11/h10-11H,3-9H2,1-2H3,(H2,13,15). The van der Waals surface area contributed by atoms with Crippen molar-refractivity contribution in [2.45, 2.75) is 39.0 Å². The molecule has 0 radical (unpaired) electrons. The third kappa shape index (κ3) is 4.94. The molecular formula is C12H24N2S. The molecule has 1 atom stereocenters. The van der Waals surface area contributed by atoms with Gasteiger partial charge in [0.15, 0.2) is 0 Å². The minimum atomic E-state index is 0.341. The van der Waals surface area contributed by atoms with Crippen LogP contribution in [0.2, 0.25) is 0 Å². The number of thiocarbonyl (C=S) groups is 1. The fourth-order valence-corrected chi connectivity index (χ4v) is 2.52. The second-order valence-corrected chi connectivity index (χ2v) is 5.50. The second-order valence-electron chi connectivity index (χ2n) is 5.03. The van der Waals surface area contributed by atoms with Crippen LogP contribution in [0.3, 0.4) is 0 Å². The number of rotatable bonds is 5. The first-order valence-electron chi connectivity index (χ1n) is 6.07. The summed E-state index contributed by atoms with van der Waals surface area (Å²) in [7, 11) is 2.18. The van der Waals surface area contributed by atoms with Gasteiger partial charge in [0.1, 0.15) is 0 Å². The lowest BCUT2D eigenvalue weighted by Gasteiger charge is -2.28. The highest BCUT2D eigenvalue weighted by Crippen LogP contribution is 2.24. The van der Waals surface area contributed by atoms with Gasteiger partial charge in [-0.15, -0.1) is 0 Å². The van der Waals surface area contributed by atoms with E-state index in [9.17, 15) is 0 Å². The molecule has 0 bridgehead atoms. The lowest BCUT2D eigenvalue weighted by atomic mass is 9.89. The molecule has 1 aliphatic carbocycles. The largest absolute Gasteiger partial charge is 0.393 e. The molecule has 0 aliphatic heterocycles. The van der Waals surface area contributed by atoms with Crippen molar-refractivity contribution < 1.29 is 0 Å². The van der Waals surface area contributed by atoms with Crippen LogP contribution in [0.1, 0.15) is 39.0 Å². The van der Waals surface area contributed by atoms with E-state index >= 15 is 0 Å². The van der Waals surface area contributed by atoms with E-state index < -0.39 is 0 Å². The molecule has 1 rings (SSSR count). The van der Waals surface area contributed by atoms with E-state index in [-0.39, 0.29) is 0 Å². The van der Waals surface area contributed by atoms with Gasteiger partial charge >= 0.3 is 0 Å². The Kier molecular flexibility index (Phi) is 5.54. The molecule has 0 aromatic heterocycles. The smallest absolute Gasteiger partial charge is 0.0768 e. The first-order chi connectivity index (χ1) is 7.09. The van der Waals surface area contributed by atoms with Crippen molar-refractivity contribution in [1.82, 2.24) is 4.90 Å². The first kappa shape index (κ1) is 12.9. The molecule has 0 saturated heterocycles. The Bertz CT molecular complexity index is 200. The number of hydrogen-bond donors (Lipinski definition) is 1. The van der Waals surface area contributed by atoms with Crippen LogP contribution >= 0.6 is 12.2 Å². The monoisotopic (exact) mass is 228 g/mol. The minimum Gasteiger partial charge on any atom is -0.393 e. The van der Waals surface area contributed by atoms with Gasteiger partial charge in [0.2, 0.25) is 0 Å². The summed E-state index contributed by atoms with van der Waals surface area (Å²) < 4.78 is 0. The maximum absolute atomic E-state index is 5.62. The zero-order valence-corrected chi connectivity index (χ0v) is 10.9. The predicted molar refractivity (Wildman–Crippen MR) is 70.0 cm³/mol. The molecule has 0 spiro atoms. The van der Waals surface area contributed by atoms with Crippen LogP contribution in [0.25, 0.3) is 0 Å². The van der Waals surface area contributed by atoms with E-state index in [0.29, 0.717) is 10.9 Å². The van der Waals surface area contributed by atoms with Gasteiger partial charge in [-0.2, -0.15) is 0 Å². The molecule has 0 aromatic rings. The van der Waals surface area contributed by atoms with E-state index in [2.05, 4.69) is 18.9 Å². The Morgan fingerprint density at radius 1 is 1.40 bits per heavy atom. The van der Waals surface area contributed by atoms with E-state index in [1.807, 2.05) is 0 Å². The van der Waals surface area contributed by atoms with Crippen molar-refractivity contribution in [2.75, 3.05) is 20.1 Å². The molecule has 3 heteroatoms. The molecule has 0 heterocycles. The fourth-order valence-electron chi connectivity index (χ4n) is 2.44. The van der Waals surface area contributed by atoms with Crippen LogP contribution < -0.4 is 5.73 Å². The number of nitrogens with zero attached hydrogens (tertiary/aromatic N) is 1. The van der Waals surface area contributed by atoms with E-state index in [4.69, 9.17) is 18.0 Å². The Morgan fingerprint density at radius 3 is 2.53 bits per heavy atom. The van der Waals surface area contributed by atoms with Gasteiger partial charge in [0.25, 0.3) is 0 Å². The van der Waals surface area contributed by atoms with Crippen molar-refractivity contribution in [1.29, 1.82) is 0 Å². The van der Waals surface area contributed by atoms with Crippen LogP contribution in [0.4, 0.5) is 0 Å². The van der Waals surface area contributed by atoms with Gasteiger partial charge in [-0.3, -0.25) is 0 Å². The Hall–Kier alpha value is -0.150. The van der Waals surface area contributed by atoms with Gasteiger partial charge in [0.05, 0.1) is 4.99 Å². The molecule has 2 N–H and O–H groups in total. The van der Waals surface area contributed by atoms with Gasteiger partial charge in [-0.05, 0) is 25.8 Å². The molecule has 15 heavy (non-hydrogen) atoms. The second kappa shape index (κ2) is 6.44. The lowest BCUT2D eigenvalue weighted by molar-refractivity contribution is 0.225. The average Bonchev–Trinajstić information content (AvgIpc) is 2.18. The van der Waals surface area contributed by atoms with Crippen LogP contribution in [0.5, 0.6) is 0 Å². The topological polar surface area (TPSA) is 29.3 Å². The van der Waals surface area contributed by atoms with Crippen LogP contribution in [-0.2, 0) is 0 Å². The molecule has 1 saturated carbocycles. The van der Waals surface area contributed by atoms with Gasteiger partial charge in [-0.1, -0.05) is 38.4 Å². The summed E-state index contributed by atoms with van der Waals surface area (Å²) in [6.45, 7) is 4.33. The molecule has 1 fully saturated rings. The van der Waals surface area contributed by atoms with E-state index in [0.717, 1.165) is 12.5 Å². The maximum Gasteiger partial charge on any atom is 0.0768 e. The summed E-state index contributed by atoms with van der Waals surface area (Å²) >= 11 is 4.99. The summed E-state index contributed by atoms with van der Waals surface area (Å²) in [4.78, 5) is 3.03. The zero-order chi connectivity index (χ0) is 11.3. The highest BCUT2D eigenvalue weighted by atomic mass is 32.1. The third-order valence-corrected chi connectivity index (χ3v) is 3.77. The van der Waals surface area contributed by atoms with Crippen molar-refractivity contribution in [3.8, 4) is 0 Å².